The molecule has 7 nitrogen and oxygen atoms in total. The van der Waals surface area contributed by atoms with E-state index >= 15 is 0 Å². The molecule has 0 radical (unpaired) electrons. The van der Waals surface area contributed by atoms with E-state index in [-0.39, 0.29) is 28.7 Å². The highest BCUT2D eigenvalue weighted by molar-refractivity contribution is 5.97. The standard InChI is InChI=1S/C21H25FN2O5/c1-29-17-5-4-14(22)10-15(17)19(26)23-8-6-21(7-9-23)11-16(20(27)28)24(12-21)18(25)13-2-3-13/h4-5,10,13,16H,2-3,6-9,11-12H2,1H3,(H,27,28). The summed E-state index contributed by atoms with van der Waals surface area (Å²) < 4.78 is 18.8. The number of benzene rings is 1. The van der Waals surface area contributed by atoms with E-state index in [4.69, 9.17) is 4.74 Å². The van der Waals surface area contributed by atoms with Gasteiger partial charge in [-0.1, -0.05) is 0 Å². The molecule has 3 aliphatic rings. The Labute approximate surface area is 168 Å². The number of aliphatic carboxylic acids is 1. The maximum atomic E-state index is 13.6. The van der Waals surface area contributed by atoms with Crippen LogP contribution in [0.25, 0.3) is 0 Å². The summed E-state index contributed by atoms with van der Waals surface area (Å²) in [6.07, 6.45) is 3.34. The molecule has 2 heterocycles. The van der Waals surface area contributed by atoms with E-state index < -0.39 is 17.8 Å². The molecular formula is C21H25FN2O5. The van der Waals surface area contributed by atoms with E-state index in [1.165, 1.54) is 25.3 Å². The average Bonchev–Trinajstić information content (AvgIpc) is 3.49. The molecule has 1 atom stereocenters. The summed E-state index contributed by atoms with van der Waals surface area (Å²) in [6.45, 7) is 1.32. The van der Waals surface area contributed by atoms with Crippen LogP contribution in [-0.4, -0.2) is 65.5 Å². The van der Waals surface area contributed by atoms with Crippen molar-refractivity contribution in [1.29, 1.82) is 0 Å². The van der Waals surface area contributed by atoms with Gasteiger partial charge >= 0.3 is 5.97 Å². The molecule has 1 aliphatic carbocycles. The Morgan fingerprint density at radius 3 is 2.48 bits per heavy atom. The van der Waals surface area contributed by atoms with Gasteiger partial charge in [-0.25, -0.2) is 9.18 Å². The van der Waals surface area contributed by atoms with E-state index in [9.17, 15) is 23.9 Å². The van der Waals surface area contributed by atoms with E-state index in [1.54, 1.807) is 9.80 Å². The third-order valence-corrected chi connectivity index (χ3v) is 6.51. The number of ether oxygens (including phenoxy) is 1. The van der Waals surface area contributed by atoms with Gasteiger partial charge in [0.2, 0.25) is 5.91 Å². The number of carboxylic acid groups (broad SMARTS) is 1. The van der Waals surface area contributed by atoms with Gasteiger partial charge in [0.15, 0.2) is 0 Å². The van der Waals surface area contributed by atoms with Gasteiger partial charge in [0.05, 0.1) is 12.7 Å². The second-order valence-corrected chi connectivity index (χ2v) is 8.44. The molecule has 2 aliphatic heterocycles. The van der Waals surface area contributed by atoms with Crippen LogP contribution >= 0.6 is 0 Å². The minimum Gasteiger partial charge on any atom is -0.496 e. The average molecular weight is 404 g/mol. The largest absolute Gasteiger partial charge is 0.496 e. The molecule has 8 heteroatoms. The number of hydrogen-bond acceptors (Lipinski definition) is 4. The molecule has 1 aromatic rings. The smallest absolute Gasteiger partial charge is 0.326 e. The monoisotopic (exact) mass is 404 g/mol. The number of halogens is 1. The van der Waals surface area contributed by atoms with Crippen LogP contribution in [0.3, 0.4) is 0 Å². The van der Waals surface area contributed by atoms with Crippen molar-refractivity contribution in [3.05, 3.63) is 29.6 Å². The fraction of sp³-hybridized carbons (Fsp3) is 0.571. The van der Waals surface area contributed by atoms with Crippen LogP contribution < -0.4 is 4.74 Å². The number of amides is 2. The zero-order valence-electron chi connectivity index (χ0n) is 16.4. The topological polar surface area (TPSA) is 87.2 Å². The molecule has 29 heavy (non-hydrogen) atoms. The molecule has 3 fully saturated rings. The Balaban J connectivity index is 1.46. The lowest BCUT2D eigenvalue weighted by Gasteiger charge is -2.39. The van der Waals surface area contributed by atoms with E-state index in [1.807, 2.05) is 0 Å². The minimum atomic E-state index is -0.959. The third kappa shape index (κ3) is 3.68. The number of piperidine rings is 1. The van der Waals surface area contributed by atoms with Crippen molar-refractivity contribution in [3.63, 3.8) is 0 Å². The van der Waals surface area contributed by atoms with Gasteiger partial charge in [0.1, 0.15) is 17.6 Å². The number of methoxy groups -OCH3 is 1. The molecule has 2 saturated heterocycles. The Kier molecular flexibility index (Phi) is 4.96. The molecule has 0 aromatic heterocycles. The SMILES string of the molecule is COc1ccc(F)cc1C(=O)N1CCC2(CC1)CC(C(=O)O)N(C(=O)C1CC1)C2. The lowest BCUT2D eigenvalue weighted by molar-refractivity contribution is -0.148. The van der Waals surface area contributed by atoms with Crippen molar-refractivity contribution >= 4 is 17.8 Å². The van der Waals surface area contributed by atoms with Crippen LogP contribution in [0, 0.1) is 17.2 Å². The van der Waals surface area contributed by atoms with Crippen LogP contribution in [0.5, 0.6) is 5.75 Å². The van der Waals surface area contributed by atoms with E-state index in [0.29, 0.717) is 44.6 Å². The summed E-state index contributed by atoms with van der Waals surface area (Å²) in [5, 5.41) is 9.61. The molecule has 1 saturated carbocycles. The highest BCUT2D eigenvalue weighted by Crippen LogP contribution is 2.45. The van der Waals surface area contributed by atoms with Gasteiger partial charge in [0.25, 0.3) is 5.91 Å². The van der Waals surface area contributed by atoms with Gasteiger partial charge < -0.3 is 19.6 Å². The maximum Gasteiger partial charge on any atom is 0.326 e. The molecule has 2 amide bonds. The third-order valence-electron chi connectivity index (χ3n) is 6.51. The predicted molar refractivity (Wildman–Crippen MR) is 101 cm³/mol. The van der Waals surface area contributed by atoms with Gasteiger partial charge in [-0.15, -0.1) is 0 Å². The summed E-state index contributed by atoms with van der Waals surface area (Å²) in [7, 11) is 1.44. The van der Waals surface area contributed by atoms with Crippen molar-refractivity contribution in [2.45, 2.75) is 38.1 Å². The first kappa shape index (κ1) is 19.7. The highest BCUT2D eigenvalue weighted by Gasteiger charge is 2.52. The van der Waals surface area contributed by atoms with Gasteiger partial charge in [-0.3, -0.25) is 9.59 Å². The summed E-state index contributed by atoms with van der Waals surface area (Å²) in [5.74, 6) is -1.50. The first-order valence-electron chi connectivity index (χ1n) is 10.00. The van der Waals surface area contributed by atoms with Crippen LogP contribution in [0.2, 0.25) is 0 Å². The molecule has 1 aromatic carbocycles. The Bertz CT molecular complexity index is 845. The lowest BCUT2D eigenvalue weighted by atomic mass is 9.76. The Morgan fingerprint density at radius 1 is 1.21 bits per heavy atom. The summed E-state index contributed by atoms with van der Waals surface area (Å²) in [5.41, 5.74) is -0.0972. The number of hydrogen-bond donors (Lipinski definition) is 1. The predicted octanol–water partition coefficient (Wildman–Crippen LogP) is 2.15. The number of nitrogens with zero attached hydrogens (tertiary/aromatic N) is 2. The van der Waals surface area contributed by atoms with Gasteiger partial charge in [-0.05, 0) is 55.7 Å². The van der Waals surface area contributed by atoms with Crippen LogP contribution in [0.15, 0.2) is 18.2 Å². The van der Waals surface area contributed by atoms with Gasteiger partial charge in [0, 0.05) is 25.6 Å². The number of likely N-dealkylation sites (tertiary alicyclic amines) is 2. The molecule has 1 spiro atoms. The lowest BCUT2D eigenvalue weighted by Crippen LogP contribution is -2.45. The fourth-order valence-electron chi connectivity index (χ4n) is 4.64. The normalized spacial score (nSPS) is 23.3. The molecular weight excluding hydrogens is 379 g/mol. The minimum absolute atomic E-state index is 0.0193. The first-order chi connectivity index (χ1) is 13.8. The van der Waals surface area contributed by atoms with Crippen molar-refractivity contribution < 1.29 is 28.6 Å². The first-order valence-corrected chi connectivity index (χ1v) is 10.00. The van der Waals surface area contributed by atoms with Gasteiger partial charge in [-0.2, -0.15) is 0 Å². The zero-order chi connectivity index (χ0) is 20.8. The number of rotatable bonds is 4. The second kappa shape index (κ2) is 7.31. The summed E-state index contributed by atoms with van der Waals surface area (Å²) in [4.78, 5) is 40.4. The Morgan fingerprint density at radius 2 is 1.90 bits per heavy atom. The molecule has 0 bridgehead atoms. The number of carbonyl (C=O) groups is 3. The number of carboxylic acids is 1. The zero-order valence-corrected chi connectivity index (χ0v) is 16.4. The van der Waals surface area contributed by atoms with Crippen molar-refractivity contribution in [2.24, 2.45) is 11.3 Å². The molecule has 156 valence electrons. The van der Waals surface area contributed by atoms with Crippen LogP contribution in [0.1, 0.15) is 42.5 Å². The molecule has 1 N–H and O–H groups in total. The maximum absolute atomic E-state index is 13.6. The van der Waals surface area contributed by atoms with Crippen molar-refractivity contribution in [3.8, 4) is 5.75 Å². The second-order valence-electron chi connectivity index (χ2n) is 8.44. The molecule has 1 unspecified atom stereocenters. The van der Waals surface area contributed by atoms with Crippen LogP contribution in [0.4, 0.5) is 4.39 Å². The fourth-order valence-corrected chi connectivity index (χ4v) is 4.64. The Hall–Kier alpha value is -2.64. The van der Waals surface area contributed by atoms with Crippen molar-refractivity contribution in [1.82, 2.24) is 9.80 Å². The number of carbonyl (C=O) groups excluding carboxylic acids is 2. The van der Waals surface area contributed by atoms with Crippen LogP contribution in [-0.2, 0) is 9.59 Å². The van der Waals surface area contributed by atoms with E-state index in [0.717, 1.165) is 12.8 Å². The van der Waals surface area contributed by atoms with E-state index in [2.05, 4.69) is 0 Å². The highest BCUT2D eigenvalue weighted by atomic mass is 19.1. The summed E-state index contributed by atoms with van der Waals surface area (Å²) >= 11 is 0. The summed E-state index contributed by atoms with van der Waals surface area (Å²) in [6, 6.07) is 3.08. The quantitative estimate of drug-likeness (QED) is 0.831. The molecule has 4 rings (SSSR count). The van der Waals surface area contributed by atoms with Crippen molar-refractivity contribution in [2.75, 3.05) is 26.7 Å².